The SMILES string of the molecule is COc1ccc(C(=O)NC2CCN(C)CC2)cc1Nc1ncc(C(F)(F)F)c(NC2CCCCC2NC(C)=O)n1. The lowest BCUT2D eigenvalue weighted by Crippen LogP contribution is -2.48. The molecule has 1 aromatic heterocycles. The first kappa shape index (κ1) is 29.4. The van der Waals surface area contributed by atoms with Gasteiger partial charge >= 0.3 is 6.18 Å². The molecule has 2 aliphatic rings. The van der Waals surface area contributed by atoms with Crippen LogP contribution in [0.15, 0.2) is 24.4 Å². The first-order valence-electron chi connectivity index (χ1n) is 13.5. The number of halogens is 3. The molecule has 2 atom stereocenters. The van der Waals surface area contributed by atoms with Crippen LogP contribution in [0.4, 0.5) is 30.6 Å². The molecule has 0 radical (unpaired) electrons. The minimum atomic E-state index is -4.69. The molecule has 1 saturated carbocycles. The van der Waals surface area contributed by atoms with Crippen molar-refractivity contribution in [1.82, 2.24) is 25.5 Å². The lowest BCUT2D eigenvalue weighted by molar-refractivity contribution is -0.137. The van der Waals surface area contributed by atoms with Gasteiger partial charge in [-0.15, -0.1) is 0 Å². The fourth-order valence-electron chi connectivity index (χ4n) is 5.16. The van der Waals surface area contributed by atoms with Crippen molar-refractivity contribution in [3.05, 3.63) is 35.5 Å². The van der Waals surface area contributed by atoms with Crippen LogP contribution < -0.4 is 26.0 Å². The zero-order valence-electron chi connectivity index (χ0n) is 22.9. The lowest BCUT2D eigenvalue weighted by atomic mass is 9.90. The highest BCUT2D eigenvalue weighted by Crippen LogP contribution is 2.36. The number of alkyl halides is 3. The second-order valence-electron chi connectivity index (χ2n) is 10.4. The number of rotatable bonds is 8. The molecule has 218 valence electrons. The van der Waals surface area contributed by atoms with E-state index < -0.39 is 17.8 Å². The van der Waals surface area contributed by atoms with Gasteiger partial charge in [-0.3, -0.25) is 9.59 Å². The van der Waals surface area contributed by atoms with Gasteiger partial charge in [0.15, 0.2) is 0 Å². The monoisotopic (exact) mass is 563 g/mol. The Bertz CT molecular complexity index is 1200. The smallest absolute Gasteiger partial charge is 0.421 e. The normalized spacial score (nSPS) is 20.4. The Morgan fingerprint density at radius 2 is 1.75 bits per heavy atom. The molecular formula is C27H36F3N7O3. The molecule has 2 fully saturated rings. The molecule has 1 saturated heterocycles. The van der Waals surface area contributed by atoms with Gasteiger partial charge in [0.2, 0.25) is 11.9 Å². The van der Waals surface area contributed by atoms with E-state index in [1.165, 1.54) is 14.0 Å². The molecule has 2 amide bonds. The number of carbonyl (C=O) groups excluding carboxylic acids is 2. The van der Waals surface area contributed by atoms with Crippen LogP contribution in [0.5, 0.6) is 5.75 Å². The van der Waals surface area contributed by atoms with Gasteiger partial charge < -0.3 is 30.9 Å². The third kappa shape index (κ3) is 7.52. The quantitative estimate of drug-likeness (QED) is 0.382. The molecule has 10 nitrogen and oxygen atoms in total. The van der Waals surface area contributed by atoms with Gasteiger partial charge in [-0.05, 0) is 64.0 Å². The first-order chi connectivity index (χ1) is 19.0. The second-order valence-corrected chi connectivity index (χ2v) is 10.4. The highest BCUT2D eigenvalue weighted by Gasteiger charge is 2.37. The summed E-state index contributed by atoms with van der Waals surface area (Å²) in [7, 11) is 3.49. The van der Waals surface area contributed by atoms with Crippen molar-refractivity contribution in [3.63, 3.8) is 0 Å². The topological polar surface area (TPSA) is 121 Å². The summed E-state index contributed by atoms with van der Waals surface area (Å²) in [6.07, 6.45) is 0.641. The Labute approximate surface area is 231 Å². The minimum absolute atomic E-state index is 0.0650. The Hall–Kier alpha value is -3.61. The second kappa shape index (κ2) is 12.7. The van der Waals surface area contributed by atoms with Crippen LogP contribution in [0.2, 0.25) is 0 Å². The molecule has 4 rings (SSSR count). The molecule has 1 aliphatic carbocycles. The highest BCUT2D eigenvalue weighted by atomic mass is 19.4. The summed E-state index contributed by atoms with van der Waals surface area (Å²) in [5.41, 5.74) is -0.311. The van der Waals surface area contributed by atoms with Crippen molar-refractivity contribution < 1.29 is 27.5 Å². The summed E-state index contributed by atoms with van der Waals surface area (Å²) in [5.74, 6) is -0.619. The molecule has 40 heavy (non-hydrogen) atoms. The maximum absolute atomic E-state index is 13.9. The van der Waals surface area contributed by atoms with E-state index in [0.29, 0.717) is 29.8 Å². The van der Waals surface area contributed by atoms with Crippen LogP contribution in [0.1, 0.15) is 61.4 Å². The first-order valence-corrected chi connectivity index (χ1v) is 13.5. The number of carbonyl (C=O) groups is 2. The third-order valence-corrected chi connectivity index (χ3v) is 7.33. The number of amides is 2. The van der Waals surface area contributed by atoms with Gasteiger partial charge in [-0.25, -0.2) is 4.98 Å². The number of anilines is 3. The van der Waals surface area contributed by atoms with Crippen molar-refractivity contribution in [3.8, 4) is 5.75 Å². The van der Waals surface area contributed by atoms with Crippen LogP contribution >= 0.6 is 0 Å². The number of hydrogen-bond donors (Lipinski definition) is 4. The maximum Gasteiger partial charge on any atom is 0.421 e. The number of aromatic nitrogens is 2. The average molecular weight is 564 g/mol. The number of piperidine rings is 1. The van der Waals surface area contributed by atoms with Crippen LogP contribution in [0, 0.1) is 0 Å². The van der Waals surface area contributed by atoms with E-state index in [0.717, 1.165) is 45.0 Å². The summed E-state index contributed by atoms with van der Waals surface area (Å²) in [5, 5.41) is 11.7. The number of benzene rings is 1. The largest absolute Gasteiger partial charge is 0.495 e. The van der Waals surface area contributed by atoms with E-state index in [9.17, 15) is 22.8 Å². The summed E-state index contributed by atoms with van der Waals surface area (Å²) < 4.78 is 47.0. The number of ether oxygens (including phenoxy) is 1. The van der Waals surface area contributed by atoms with Gasteiger partial charge in [0.1, 0.15) is 17.1 Å². The summed E-state index contributed by atoms with van der Waals surface area (Å²) in [4.78, 5) is 34.9. The Morgan fingerprint density at radius 1 is 1.05 bits per heavy atom. The van der Waals surface area contributed by atoms with Crippen LogP contribution in [-0.4, -0.2) is 72.1 Å². The molecular weight excluding hydrogens is 527 g/mol. The Kier molecular flexibility index (Phi) is 9.33. The van der Waals surface area contributed by atoms with Crippen molar-refractivity contribution in [2.24, 2.45) is 0 Å². The van der Waals surface area contributed by atoms with E-state index in [1.807, 2.05) is 7.05 Å². The standard InChI is InChI=1S/C27H36F3N7O3/c1-16(38)32-20-6-4-5-7-21(20)34-24-19(27(28,29)30)15-31-26(36-24)35-22-14-17(8-9-23(22)40-3)25(39)33-18-10-12-37(2)13-11-18/h8-9,14-15,18,20-21H,4-7,10-13H2,1-3H3,(H,32,38)(H,33,39)(H2,31,34,35,36). The van der Waals surface area contributed by atoms with Crippen molar-refractivity contribution >= 4 is 29.3 Å². The fourth-order valence-corrected chi connectivity index (χ4v) is 5.16. The summed E-state index contributed by atoms with van der Waals surface area (Å²) in [6.45, 7) is 3.18. The number of hydrogen-bond acceptors (Lipinski definition) is 8. The average Bonchev–Trinajstić information content (AvgIpc) is 2.90. The zero-order chi connectivity index (χ0) is 28.9. The van der Waals surface area contributed by atoms with Crippen LogP contribution in [-0.2, 0) is 11.0 Å². The molecule has 0 spiro atoms. The van der Waals surface area contributed by atoms with Crippen LogP contribution in [0.25, 0.3) is 0 Å². The van der Waals surface area contributed by atoms with Crippen LogP contribution in [0.3, 0.4) is 0 Å². The van der Waals surface area contributed by atoms with E-state index in [2.05, 4.69) is 36.1 Å². The maximum atomic E-state index is 13.9. The molecule has 0 bridgehead atoms. The molecule has 2 unspecified atom stereocenters. The van der Waals surface area contributed by atoms with E-state index in [1.54, 1.807) is 18.2 Å². The van der Waals surface area contributed by atoms with Gasteiger partial charge in [0.25, 0.3) is 5.91 Å². The predicted octanol–water partition coefficient (Wildman–Crippen LogP) is 3.93. The Morgan fingerprint density at radius 3 is 2.40 bits per heavy atom. The zero-order valence-corrected chi connectivity index (χ0v) is 22.9. The molecule has 4 N–H and O–H groups in total. The van der Waals surface area contributed by atoms with Crippen molar-refractivity contribution in [2.45, 2.75) is 69.8 Å². The van der Waals surface area contributed by atoms with Gasteiger partial charge in [0, 0.05) is 36.8 Å². The molecule has 2 aromatic rings. The number of nitrogens with one attached hydrogen (secondary N) is 4. The van der Waals surface area contributed by atoms with Gasteiger partial charge in [-0.1, -0.05) is 12.8 Å². The summed E-state index contributed by atoms with van der Waals surface area (Å²) in [6, 6.07) is 4.11. The Balaban J connectivity index is 1.57. The van der Waals surface area contributed by atoms with E-state index >= 15 is 0 Å². The van der Waals surface area contributed by atoms with E-state index in [4.69, 9.17) is 4.74 Å². The van der Waals surface area contributed by atoms with Crippen molar-refractivity contribution in [1.29, 1.82) is 0 Å². The fraction of sp³-hybridized carbons (Fsp3) is 0.556. The summed E-state index contributed by atoms with van der Waals surface area (Å²) >= 11 is 0. The minimum Gasteiger partial charge on any atom is -0.495 e. The highest BCUT2D eigenvalue weighted by molar-refractivity contribution is 5.96. The molecule has 2 heterocycles. The molecule has 1 aromatic carbocycles. The lowest BCUT2D eigenvalue weighted by Gasteiger charge is -2.33. The number of likely N-dealkylation sites (tertiary alicyclic amines) is 1. The molecule has 13 heteroatoms. The number of nitrogens with zero attached hydrogens (tertiary/aromatic N) is 3. The predicted molar refractivity (Wildman–Crippen MR) is 145 cm³/mol. The van der Waals surface area contributed by atoms with Gasteiger partial charge in [0.05, 0.1) is 12.8 Å². The van der Waals surface area contributed by atoms with E-state index in [-0.39, 0.29) is 35.7 Å². The third-order valence-electron chi connectivity index (χ3n) is 7.33. The number of methoxy groups -OCH3 is 1. The van der Waals surface area contributed by atoms with Gasteiger partial charge in [-0.2, -0.15) is 18.2 Å². The van der Waals surface area contributed by atoms with Crippen molar-refractivity contribution in [2.75, 3.05) is 37.9 Å². The molecule has 1 aliphatic heterocycles.